The molecule has 2 rings (SSSR count). The van der Waals surface area contributed by atoms with Gasteiger partial charge in [0.2, 0.25) is 10.0 Å². The van der Waals surface area contributed by atoms with E-state index in [2.05, 4.69) is 0 Å². The third-order valence-corrected chi connectivity index (χ3v) is 6.07. The van der Waals surface area contributed by atoms with Gasteiger partial charge in [0.15, 0.2) is 0 Å². The lowest BCUT2D eigenvalue weighted by molar-refractivity contribution is 0.385. The second-order valence-electron chi connectivity index (χ2n) is 5.41. The van der Waals surface area contributed by atoms with Crippen LogP contribution in [0.4, 0.5) is 0 Å². The van der Waals surface area contributed by atoms with Crippen molar-refractivity contribution < 1.29 is 8.42 Å². The monoisotopic (exact) mass is 315 g/mol. The van der Waals surface area contributed by atoms with Crippen molar-refractivity contribution in [1.29, 1.82) is 0 Å². The van der Waals surface area contributed by atoms with E-state index in [-0.39, 0.29) is 11.8 Å². The Morgan fingerprint density at radius 2 is 2.00 bits per heavy atom. The summed E-state index contributed by atoms with van der Waals surface area (Å²) in [6.07, 6.45) is 4.35. The summed E-state index contributed by atoms with van der Waals surface area (Å²) in [5, 5.41) is 0.715. The molecule has 0 N–H and O–H groups in total. The summed E-state index contributed by atoms with van der Waals surface area (Å²) in [4.78, 5) is 0. The number of nitrogens with zero attached hydrogens (tertiary/aromatic N) is 1. The van der Waals surface area contributed by atoms with Crippen LogP contribution in [0.2, 0.25) is 5.02 Å². The molecule has 1 heterocycles. The van der Waals surface area contributed by atoms with Gasteiger partial charge in [-0.1, -0.05) is 37.1 Å². The van der Waals surface area contributed by atoms with E-state index >= 15 is 0 Å². The zero-order valence-electron chi connectivity index (χ0n) is 11.9. The summed E-state index contributed by atoms with van der Waals surface area (Å²) in [6, 6.07) is 7.80. The summed E-state index contributed by atoms with van der Waals surface area (Å²) < 4.78 is 26.4. The number of sulfonamides is 1. The van der Waals surface area contributed by atoms with Gasteiger partial charge in [0.05, 0.1) is 5.75 Å². The lowest BCUT2D eigenvalue weighted by Crippen LogP contribution is -2.38. The van der Waals surface area contributed by atoms with Gasteiger partial charge in [-0.05, 0) is 43.4 Å². The summed E-state index contributed by atoms with van der Waals surface area (Å²) >= 11 is 5.88. The van der Waals surface area contributed by atoms with Gasteiger partial charge in [0.25, 0.3) is 0 Å². The largest absolute Gasteiger partial charge is 0.214 e. The van der Waals surface area contributed by atoms with E-state index in [1.54, 1.807) is 4.31 Å². The molecule has 0 radical (unpaired) electrons. The van der Waals surface area contributed by atoms with Gasteiger partial charge in [-0.15, -0.1) is 0 Å². The topological polar surface area (TPSA) is 37.4 Å². The average molecular weight is 316 g/mol. The van der Waals surface area contributed by atoms with Crippen molar-refractivity contribution in [2.45, 2.75) is 45.1 Å². The first-order valence-electron chi connectivity index (χ1n) is 7.27. The van der Waals surface area contributed by atoms with E-state index < -0.39 is 10.0 Å². The van der Waals surface area contributed by atoms with Crippen LogP contribution in [0, 0.1) is 0 Å². The Morgan fingerprint density at radius 1 is 1.30 bits per heavy atom. The van der Waals surface area contributed by atoms with Crippen molar-refractivity contribution in [3.63, 3.8) is 0 Å². The van der Waals surface area contributed by atoms with Gasteiger partial charge in [-0.25, -0.2) is 8.42 Å². The molecule has 0 aliphatic carbocycles. The highest BCUT2D eigenvalue weighted by Crippen LogP contribution is 2.25. The van der Waals surface area contributed by atoms with Crippen molar-refractivity contribution in [3.05, 3.63) is 34.9 Å². The number of unbranched alkanes of at least 4 members (excludes halogenated alkanes) is 1. The molecule has 0 saturated carbocycles. The molecular formula is C15H22ClNO2S. The standard InChI is InChI=1S/C15H22ClNO2S/c1-2-3-11-20(18,19)17-10-4-5-15(17)12-13-6-8-14(16)9-7-13/h6-9,15H,2-5,10-12H2,1H3. The Balaban J connectivity index is 2.05. The predicted molar refractivity (Wildman–Crippen MR) is 83.6 cm³/mol. The Hall–Kier alpha value is -0.580. The van der Waals surface area contributed by atoms with Gasteiger partial charge >= 0.3 is 0 Å². The second kappa shape index (κ2) is 6.92. The molecule has 112 valence electrons. The Bertz CT molecular complexity index is 527. The third-order valence-electron chi connectivity index (χ3n) is 3.82. The highest BCUT2D eigenvalue weighted by Gasteiger charge is 2.33. The molecule has 20 heavy (non-hydrogen) atoms. The number of halogens is 1. The van der Waals surface area contributed by atoms with Gasteiger partial charge in [0.1, 0.15) is 0 Å². The highest BCUT2D eigenvalue weighted by molar-refractivity contribution is 7.89. The van der Waals surface area contributed by atoms with Crippen LogP contribution in [0.15, 0.2) is 24.3 Å². The van der Waals surface area contributed by atoms with E-state index in [1.807, 2.05) is 31.2 Å². The lowest BCUT2D eigenvalue weighted by Gasteiger charge is -2.24. The Morgan fingerprint density at radius 3 is 2.65 bits per heavy atom. The van der Waals surface area contributed by atoms with Crippen LogP contribution in [0.1, 0.15) is 38.2 Å². The van der Waals surface area contributed by atoms with E-state index in [0.717, 1.165) is 37.7 Å². The molecule has 1 aromatic rings. The minimum atomic E-state index is -3.09. The molecule has 1 aliphatic heterocycles. The summed E-state index contributed by atoms with van der Waals surface area (Å²) in [5.74, 6) is 0.278. The fourth-order valence-electron chi connectivity index (χ4n) is 2.72. The zero-order chi connectivity index (χ0) is 14.6. The van der Waals surface area contributed by atoms with Crippen molar-refractivity contribution in [3.8, 4) is 0 Å². The molecule has 0 aromatic heterocycles. The van der Waals surface area contributed by atoms with E-state index in [1.165, 1.54) is 0 Å². The molecule has 0 bridgehead atoms. The van der Waals surface area contributed by atoms with Crippen LogP contribution >= 0.6 is 11.6 Å². The smallest absolute Gasteiger partial charge is 0.212 e. The van der Waals surface area contributed by atoms with E-state index in [0.29, 0.717) is 11.6 Å². The maximum atomic E-state index is 12.4. The van der Waals surface area contributed by atoms with Crippen LogP contribution in [0.3, 0.4) is 0 Å². The van der Waals surface area contributed by atoms with Crippen LogP contribution in [0.5, 0.6) is 0 Å². The van der Waals surface area contributed by atoms with Gasteiger partial charge in [0, 0.05) is 17.6 Å². The molecule has 1 saturated heterocycles. The van der Waals surface area contributed by atoms with Crippen molar-refractivity contribution in [1.82, 2.24) is 4.31 Å². The second-order valence-corrected chi connectivity index (χ2v) is 7.88. The maximum absolute atomic E-state index is 12.4. The number of hydrogen-bond donors (Lipinski definition) is 0. The molecule has 1 fully saturated rings. The molecule has 1 atom stereocenters. The minimum absolute atomic E-state index is 0.109. The van der Waals surface area contributed by atoms with Crippen LogP contribution in [-0.2, 0) is 16.4 Å². The maximum Gasteiger partial charge on any atom is 0.214 e. The van der Waals surface area contributed by atoms with Crippen molar-refractivity contribution in [2.24, 2.45) is 0 Å². The van der Waals surface area contributed by atoms with Crippen LogP contribution in [0.25, 0.3) is 0 Å². The van der Waals surface area contributed by atoms with Crippen molar-refractivity contribution >= 4 is 21.6 Å². The Kier molecular flexibility index (Phi) is 5.47. The predicted octanol–water partition coefficient (Wildman–Crippen LogP) is 3.48. The minimum Gasteiger partial charge on any atom is -0.212 e. The van der Waals surface area contributed by atoms with E-state index in [4.69, 9.17) is 11.6 Å². The molecular weight excluding hydrogens is 294 g/mol. The fourth-order valence-corrected chi connectivity index (χ4v) is 4.77. The van der Waals surface area contributed by atoms with Gasteiger partial charge in [-0.2, -0.15) is 4.31 Å². The van der Waals surface area contributed by atoms with Crippen molar-refractivity contribution in [2.75, 3.05) is 12.3 Å². The number of benzene rings is 1. The molecule has 3 nitrogen and oxygen atoms in total. The third kappa shape index (κ3) is 3.96. The molecule has 1 aliphatic rings. The van der Waals surface area contributed by atoms with Crippen LogP contribution in [-0.4, -0.2) is 31.1 Å². The van der Waals surface area contributed by atoms with Crippen LogP contribution < -0.4 is 0 Å². The molecule has 1 aromatic carbocycles. The summed E-state index contributed by atoms with van der Waals surface area (Å²) in [5.41, 5.74) is 1.15. The molecule has 0 spiro atoms. The SMILES string of the molecule is CCCCS(=O)(=O)N1CCCC1Cc1ccc(Cl)cc1. The zero-order valence-corrected chi connectivity index (χ0v) is 13.5. The lowest BCUT2D eigenvalue weighted by atomic mass is 10.1. The van der Waals surface area contributed by atoms with E-state index in [9.17, 15) is 8.42 Å². The first kappa shape index (κ1) is 15.8. The average Bonchev–Trinajstić information content (AvgIpc) is 2.88. The number of rotatable bonds is 6. The number of hydrogen-bond acceptors (Lipinski definition) is 2. The molecule has 5 heteroatoms. The fraction of sp³-hybridized carbons (Fsp3) is 0.600. The highest BCUT2D eigenvalue weighted by atomic mass is 35.5. The Labute approximate surface area is 127 Å². The van der Waals surface area contributed by atoms with Gasteiger partial charge < -0.3 is 0 Å². The normalized spacial score (nSPS) is 20.4. The molecule has 0 amide bonds. The van der Waals surface area contributed by atoms with Gasteiger partial charge in [-0.3, -0.25) is 0 Å². The first-order chi connectivity index (χ1) is 9.53. The molecule has 1 unspecified atom stereocenters. The summed E-state index contributed by atoms with van der Waals surface area (Å²) in [6.45, 7) is 2.69. The quantitative estimate of drug-likeness (QED) is 0.806. The first-order valence-corrected chi connectivity index (χ1v) is 9.25. The summed E-state index contributed by atoms with van der Waals surface area (Å²) in [7, 11) is -3.09.